The van der Waals surface area contributed by atoms with E-state index in [-0.39, 0.29) is 11.8 Å². The predicted molar refractivity (Wildman–Crippen MR) is 80.4 cm³/mol. The maximum absolute atomic E-state index is 10.5. The largest absolute Gasteiger partial charge is 0.492 e. The van der Waals surface area contributed by atoms with Gasteiger partial charge in [-0.1, -0.05) is 32.9 Å². The second kappa shape index (κ2) is 7.29. The first-order valence-electron chi connectivity index (χ1n) is 6.93. The van der Waals surface area contributed by atoms with Crippen LogP contribution in [0, 0.1) is 0 Å². The highest BCUT2D eigenvalue weighted by atomic mass is 16.5. The van der Waals surface area contributed by atoms with Crippen LogP contribution in [0.3, 0.4) is 0 Å². The zero-order valence-corrected chi connectivity index (χ0v) is 12.8. The number of carbonyl (C=O) groups is 1. The Morgan fingerprint density at radius 2 is 1.80 bits per heavy atom. The first kappa shape index (κ1) is 16.5. The van der Waals surface area contributed by atoms with Crippen LogP contribution in [0.15, 0.2) is 24.3 Å². The molecule has 1 aromatic carbocycles. The fraction of sp³-hybridized carbons (Fsp3) is 0.562. The van der Waals surface area contributed by atoms with Crippen molar-refractivity contribution in [2.45, 2.75) is 32.6 Å². The number of ether oxygens (including phenoxy) is 1. The van der Waals surface area contributed by atoms with E-state index in [2.05, 4.69) is 32.9 Å². The molecule has 0 amide bonds. The predicted octanol–water partition coefficient (Wildman–Crippen LogP) is 2.77. The standard InChI is InChI=1S/C16H25NO3/c1-16(2,3)13-5-7-14(8-6-13)20-12-11-17(4)10-9-15(18)19/h5-8H,9-12H2,1-4H3,(H,18,19). The minimum absolute atomic E-state index is 0.148. The molecule has 0 spiro atoms. The van der Waals surface area contributed by atoms with Gasteiger partial charge in [0.25, 0.3) is 0 Å². The molecule has 4 heteroatoms. The zero-order chi connectivity index (χ0) is 15.2. The Kier molecular flexibility index (Phi) is 6.02. The SMILES string of the molecule is CN(CCOc1ccc(C(C)(C)C)cc1)CCC(=O)O. The van der Waals surface area contributed by atoms with Crippen molar-refractivity contribution in [1.29, 1.82) is 0 Å². The van der Waals surface area contributed by atoms with E-state index >= 15 is 0 Å². The molecule has 0 saturated carbocycles. The monoisotopic (exact) mass is 279 g/mol. The maximum Gasteiger partial charge on any atom is 0.304 e. The van der Waals surface area contributed by atoms with Crippen molar-refractivity contribution in [3.8, 4) is 5.75 Å². The minimum atomic E-state index is -0.768. The molecule has 0 saturated heterocycles. The summed E-state index contributed by atoms with van der Waals surface area (Å²) >= 11 is 0. The van der Waals surface area contributed by atoms with Gasteiger partial charge in [0.05, 0.1) is 6.42 Å². The summed E-state index contributed by atoms with van der Waals surface area (Å²) in [5, 5.41) is 8.60. The maximum atomic E-state index is 10.5. The van der Waals surface area contributed by atoms with Crippen molar-refractivity contribution in [2.24, 2.45) is 0 Å². The molecule has 0 aliphatic heterocycles. The first-order chi connectivity index (χ1) is 9.29. The van der Waals surface area contributed by atoms with E-state index in [1.165, 1.54) is 5.56 Å². The van der Waals surface area contributed by atoms with E-state index in [9.17, 15) is 4.79 Å². The molecule has 0 atom stereocenters. The Balaban J connectivity index is 2.34. The van der Waals surface area contributed by atoms with Crippen LogP contribution in [0.1, 0.15) is 32.8 Å². The van der Waals surface area contributed by atoms with Crippen molar-refractivity contribution in [2.75, 3.05) is 26.7 Å². The molecule has 0 fully saturated rings. The van der Waals surface area contributed by atoms with Crippen LogP contribution in [-0.4, -0.2) is 42.7 Å². The fourth-order valence-corrected chi connectivity index (χ4v) is 1.77. The molecule has 20 heavy (non-hydrogen) atoms. The number of rotatable bonds is 7. The molecule has 1 N–H and O–H groups in total. The highest BCUT2D eigenvalue weighted by molar-refractivity contribution is 5.66. The third-order valence-corrected chi connectivity index (χ3v) is 3.17. The molecule has 0 aliphatic carbocycles. The highest BCUT2D eigenvalue weighted by Gasteiger charge is 2.12. The molecule has 0 aromatic heterocycles. The normalized spacial score (nSPS) is 11.7. The number of aliphatic carboxylic acids is 1. The van der Waals surface area contributed by atoms with Crippen molar-refractivity contribution in [1.82, 2.24) is 4.90 Å². The highest BCUT2D eigenvalue weighted by Crippen LogP contribution is 2.24. The van der Waals surface area contributed by atoms with Crippen molar-refractivity contribution in [3.63, 3.8) is 0 Å². The van der Waals surface area contributed by atoms with Crippen LogP contribution in [0.5, 0.6) is 5.75 Å². The van der Waals surface area contributed by atoms with Crippen LogP contribution < -0.4 is 4.74 Å². The van der Waals surface area contributed by atoms with Gasteiger partial charge >= 0.3 is 5.97 Å². The van der Waals surface area contributed by atoms with Gasteiger partial charge in [-0.2, -0.15) is 0 Å². The zero-order valence-electron chi connectivity index (χ0n) is 12.8. The van der Waals surface area contributed by atoms with E-state index in [1.807, 2.05) is 24.1 Å². The van der Waals surface area contributed by atoms with Crippen molar-refractivity contribution < 1.29 is 14.6 Å². The van der Waals surface area contributed by atoms with Gasteiger partial charge in [0, 0.05) is 13.1 Å². The Hall–Kier alpha value is -1.55. The fourth-order valence-electron chi connectivity index (χ4n) is 1.77. The van der Waals surface area contributed by atoms with Crippen LogP contribution in [0.25, 0.3) is 0 Å². The number of likely N-dealkylation sites (N-methyl/N-ethyl adjacent to an activating group) is 1. The van der Waals surface area contributed by atoms with Gasteiger partial charge in [0.15, 0.2) is 0 Å². The molecule has 1 aromatic rings. The Morgan fingerprint density at radius 1 is 1.20 bits per heavy atom. The Bertz CT molecular complexity index is 420. The quantitative estimate of drug-likeness (QED) is 0.834. The number of carboxylic acids is 1. The van der Waals surface area contributed by atoms with Crippen LogP contribution in [-0.2, 0) is 10.2 Å². The molecule has 1 rings (SSSR count). The molecule has 4 nitrogen and oxygen atoms in total. The van der Waals surface area contributed by atoms with Gasteiger partial charge in [-0.15, -0.1) is 0 Å². The summed E-state index contributed by atoms with van der Waals surface area (Å²) in [5.41, 5.74) is 1.43. The first-order valence-corrected chi connectivity index (χ1v) is 6.93. The molecule has 0 unspecified atom stereocenters. The van der Waals surface area contributed by atoms with Gasteiger partial charge in [-0.05, 0) is 30.2 Å². The molecule has 0 aliphatic rings. The average molecular weight is 279 g/mol. The molecule has 112 valence electrons. The van der Waals surface area contributed by atoms with E-state index in [1.54, 1.807) is 0 Å². The molecular weight excluding hydrogens is 254 g/mol. The van der Waals surface area contributed by atoms with Crippen molar-refractivity contribution >= 4 is 5.97 Å². The lowest BCUT2D eigenvalue weighted by molar-refractivity contribution is -0.137. The van der Waals surface area contributed by atoms with Gasteiger partial charge in [-0.3, -0.25) is 4.79 Å². The van der Waals surface area contributed by atoms with E-state index in [0.717, 1.165) is 5.75 Å². The van der Waals surface area contributed by atoms with Gasteiger partial charge < -0.3 is 14.7 Å². The summed E-state index contributed by atoms with van der Waals surface area (Å²) in [7, 11) is 1.90. The molecule has 0 heterocycles. The lowest BCUT2D eigenvalue weighted by Crippen LogP contribution is -2.26. The summed E-state index contributed by atoms with van der Waals surface area (Å²) in [6.45, 7) is 8.36. The summed E-state index contributed by atoms with van der Waals surface area (Å²) in [5.74, 6) is 0.0835. The number of benzene rings is 1. The lowest BCUT2D eigenvalue weighted by atomic mass is 9.87. The second-order valence-electron chi connectivity index (χ2n) is 6.07. The van der Waals surface area contributed by atoms with Gasteiger partial charge in [0.1, 0.15) is 12.4 Å². The Morgan fingerprint density at radius 3 is 2.30 bits per heavy atom. The number of nitrogens with zero attached hydrogens (tertiary/aromatic N) is 1. The van der Waals surface area contributed by atoms with Crippen LogP contribution in [0.4, 0.5) is 0 Å². The summed E-state index contributed by atoms with van der Waals surface area (Å²) in [6, 6.07) is 8.14. The average Bonchev–Trinajstić information content (AvgIpc) is 2.36. The number of hydrogen-bond donors (Lipinski definition) is 1. The number of carboxylic acid groups (broad SMARTS) is 1. The van der Waals surface area contributed by atoms with E-state index < -0.39 is 5.97 Å². The minimum Gasteiger partial charge on any atom is -0.492 e. The summed E-state index contributed by atoms with van der Waals surface area (Å²) in [6.07, 6.45) is 0.163. The summed E-state index contributed by atoms with van der Waals surface area (Å²) in [4.78, 5) is 12.4. The number of hydrogen-bond acceptors (Lipinski definition) is 3. The van der Waals surface area contributed by atoms with E-state index in [0.29, 0.717) is 19.7 Å². The van der Waals surface area contributed by atoms with Crippen LogP contribution in [0.2, 0.25) is 0 Å². The Labute approximate surface area is 121 Å². The lowest BCUT2D eigenvalue weighted by Gasteiger charge is -2.19. The van der Waals surface area contributed by atoms with E-state index in [4.69, 9.17) is 9.84 Å². The third kappa shape index (κ3) is 6.06. The molecule has 0 bridgehead atoms. The van der Waals surface area contributed by atoms with Gasteiger partial charge in [-0.25, -0.2) is 0 Å². The topological polar surface area (TPSA) is 49.8 Å². The van der Waals surface area contributed by atoms with Crippen LogP contribution >= 0.6 is 0 Å². The summed E-state index contributed by atoms with van der Waals surface area (Å²) < 4.78 is 5.66. The molecular formula is C16H25NO3. The van der Waals surface area contributed by atoms with Crippen molar-refractivity contribution in [3.05, 3.63) is 29.8 Å². The third-order valence-electron chi connectivity index (χ3n) is 3.17. The second-order valence-corrected chi connectivity index (χ2v) is 6.07. The molecule has 0 radical (unpaired) electrons. The van der Waals surface area contributed by atoms with Gasteiger partial charge in [0.2, 0.25) is 0 Å². The smallest absolute Gasteiger partial charge is 0.304 e.